The number of hydrogen-bond acceptors (Lipinski definition) is 5. The zero-order chi connectivity index (χ0) is 15.5. The minimum atomic E-state index is -3.62. The Kier molecular flexibility index (Phi) is 6.43. The van der Waals surface area contributed by atoms with Gasteiger partial charge in [-0.25, -0.2) is 18.4 Å². The summed E-state index contributed by atoms with van der Waals surface area (Å²) in [5, 5.41) is 0. The van der Waals surface area contributed by atoms with E-state index < -0.39 is 10.0 Å². The molecule has 0 aliphatic carbocycles. The van der Waals surface area contributed by atoms with Gasteiger partial charge in [-0.1, -0.05) is 30.3 Å². The summed E-state index contributed by atoms with van der Waals surface area (Å²) in [5.41, 5.74) is 6.35. The Morgan fingerprint density at radius 2 is 1.73 bits per heavy atom. The SMILES string of the molecule is CC(CN)N(C)S(=O)(=O)c1cnc(-c2ccccc2)nc1.Cl. The van der Waals surface area contributed by atoms with Crippen molar-refractivity contribution in [1.29, 1.82) is 0 Å². The minimum absolute atomic E-state index is 0. The van der Waals surface area contributed by atoms with Crippen molar-refractivity contribution in [3.8, 4) is 11.4 Å². The lowest BCUT2D eigenvalue weighted by atomic mass is 10.2. The standard InChI is InChI=1S/C14H18N4O2S.ClH/c1-11(8-15)18(2)21(19,20)13-9-16-14(17-10-13)12-6-4-3-5-7-12;/h3-7,9-11H,8,15H2,1-2H3;1H. The van der Waals surface area contributed by atoms with E-state index in [1.807, 2.05) is 30.3 Å². The molecule has 0 saturated heterocycles. The van der Waals surface area contributed by atoms with Crippen molar-refractivity contribution in [2.75, 3.05) is 13.6 Å². The van der Waals surface area contributed by atoms with Crippen LogP contribution in [-0.2, 0) is 10.0 Å². The molecule has 0 bridgehead atoms. The van der Waals surface area contributed by atoms with Crippen LogP contribution < -0.4 is 5.73 Å². The Hall–Kier alpha value is -1.54. The van der Waals surface area contributed by atoms with E-state index in [0.717, 1.165) is 5.56 Å². The van der Waals surface area contributed by atoms with Crippen molar-refractivity contribution < 1.29 is 8.42 Å². The molecule has 2 aromatic rings. The second kappa shape index (κ2) is 7.64. The minimum Gasteiger partial charge on any atom is -0.329 e. The molecule has 0 radical (unpaired) electrons. The van der Waals surface area contributed by atoms with Gasteiger partial charge in [-0.15, -0.1) is 12.4 Å². The molecule has 1 aromatic carbocycles. The molecule has 0 aliphatic heterocycles. The van der Waals surface area contributed by atoms with E-state index >= 15 is 0 Å². The van der Waals surface area contributed by atoms with Gasteiger partial charge in [0, 0.05) is 25.2 Å². The first kappa shape index (κ1) is 18.5. The molecule has 1 atom stereocenters. The van der Waals surface area contributed by atoms with Gasteiger partial charge in [-0.3, -0.25) is 0 Å². The third-order valence-electron chi connectivity index (χ3n) is 3.30. The van der Waals surface area contributed by atoms with Crippen LogP contribution in [0, 0.1) is 0 Å². The fourth-order valence-electron chi connectivity index (χ4n) is 1.74. The first-order valence-corrected chi connectivity index (χ1v) is 7.96. The summed E-state index contributed by atoms with van der Waals surface area (Å²) in [6.07, 6.45) is 2.65. The van der Waals surface area contributed by atoms with Gasteiger partial charge in [-0.05, 0) is 6.92 Å². The number of hydrogen-bond donors (Lipinski definition) is 1. The lowest BCUT2D eigenvalue weighted by Gasteiger charge is -2.22. The van der Waals surface area contributed by atoms with Crippen molar-refractivity contribution in [3.63, 3.8) is 0 Å². The number of likely N-dealkylation sites (N-methyl/N-ethyl adjacent to an activating group) is 1. The van der Waals surface area contributed by atoms with Gasteiger partial charge in [0.1, 0.15) is 4.90 Å². The third-order valence-corrected chi connectivity index (χ3v) is 5.22. The lowest BCUT2D eigenvalue weighted by Crippen LogP contribution is -2.39. The summed E-state index contributed by atoms with van der Waals surface area (Å²) in [4.78, 5) is 8.33. The first-order valence-electron chi connectivity index (χ1n) is 6.52. The number of sulfonamides is 1. The van der Waals surface area contributed by atoms with E-state index in [1.54, 1.807) is 6.92 Å². The normalized spacial score (nSPS) is 12.7. The Labute approximate surface area is 136 Å². The van der Waals surface area contributed by atoms with Gasteiger partial charge < -0.3 is 5.73 Å². The average molecular weight is 343 g/mol. The average Bonchev–Trinajstić information content (AvgIpc) is 2.54. The Bertz CT molecular complexity index is 693. The lowest BCUT2D eigenvalue weighted by molar-refractivity contribution is 0.394. The highest BCUT2D eigenvalue weighted by Crippen LogP contribution is 2.18. The maximum Gasteiger partial charge on any atom is 0.246 e. The van der Waals surface area contributed by atoms with Gasteiger partial charge >= 0.3 is 0 Å². The molecule has 1 aromatic heterocycles. The zero-order valence-corrected chi connectivity index (χ0v) is 14.0. The number of benzene rings is 1. The van der Waals surface area contributed by atoms with Crippen molar-refractivity contribution >= 4 is 22.4 Å². The topological polar surface area (TPSA) is 89.2 Å². The van der Waals surface area contributed by atoms with Crippen molar-refractivity contribution in [2.45, 2.75) is 17.9 Å². The van der Waals surface area contributed by atoms with Gasteiger partial charge in [-0.2, -0.15) is 4.31 Å². The first-order chi connectivity index (χ1) is 9.96. The molecule has 1 unspecified atom stereocenters. The Morgan fingerprint density at radius 1 is 1.18 bits per heavy atom. The van der Waals surface area contributed by atoms with Gasteiger partial charge in [0.25, 0.3) is 0 Å². The summed E-state index contributed by atoms with van der Waals surface area (Å²) >= 11 is 0. The fraction of sp³-hybridized carbons (Fsp3) is 0.286. The number of aromatic nitrogens is 2. The second-order valence-electron chi connectivity index (χ2n) is 4.71. The monoisotopic (exact) mass is 342 g/mol. The molecule has 2 N–H and O–H groups in total. The second-order valence-corrected chi connectivity index (χ2v) is 6.71. The molecule has 1 heterocycles. The largest absolute Gasteiger partial charge is 0.329 e. The predicted octanol–water partition coefficient (Wildman–Crippen LogP) is 1.53. The molecule has 0 saturated carbocycles. The van der Waals surface area contributed by atoms with E-state index in [1.165, 1.54) is 23.7 Å². The van der Waals surface area contributed by atoms with Crippen LogP contribution in [0.2, 0.25) is 0 Å². The summed E-state index contributed by atoms with van der Waals surface area (Å²) < 4.78 is 26.0. The van der Waals surface area contributed by atoms with E-state index in [9.17, 15) is 8.42 Å². The van der Waals surface area contributed by atoms with Crippen LogP contribution in [-0.4, -0.2) is 42.3 Å². The third kappa shape index (κ3) is 3.80. The van der Waals surface area contributed by atoms with E-state index in [4.69, 9.17) is 5.73 Å². The summed E-state index contributed by atoms with van der Waals surface area (Å²) in [7, 11) is -2.12. The van der Waals surface area contributed by atoms with Gasteiger partial charge in [0.15, 0.2) is 5.82 Å². The molecule has 8 heteroatoms. The van der Waals surface area contributed by atoms with Crippen molar-refractivity contribution in [3.05, 3.63) is 42.7 Å². The molecular weight excluding hydrogens is 324 g/mol. The highest BCUT2D eigenvalue weighted by Gasteiger charge is 2.25. The maximum absolute atomic E-state index is 12.4. The quantitative estimate of drug-likeness (QED) is 0.890. The van der Waals surface area contributed by atoms with Crippen LogP contribution in [0.4, 0.5) is 0 Å². The summed E-state index contributed by atoms with van der Waals surface area (Å²) in [6.45, 7) is 2.00. The van der Waals surface area contributed by atoms with Crippen molar-refractivity contribution in [2.24, 2.45) is 5.73 Å². The number of rotatable bonds is 5. The fourth-order valence-corrected chi connectivity index (χ4v) is 3.00. The number of halogens is 1. The molecule has 2 rings (SSSR count). The van der Waals surface area contributed by atoms with E-state index in [2.05, 4.69) is 9.97 Å². The molecule has 22 heavy (non-hydrogen) atoms. The highest BCUT2D eigenvalue weighted by atomic mass is 35.5. The maximum atomic E-state index is 12.4. The predicted molar refractivity (Wildman–Crippen MR) is 88.2 cm³/mol. The number of nitrogens with two attached hydrogens (primary N) is 1. The molecular formula is C14H19ClN4O2S. The molecule has 0 spiro atoms. The Balaban J connectivity index is 0.00000242. The highest BCUT2D eigenvalue weighted by molar-refractivity contribution is 7.89. The summed E-state index contributed by atoms with van der Waals surface area (Å²) in [6, 6.07) is 9.09. The van der Waals surface area contributed by atoms with Crippen LogP contribution in [0.1, 0.15) is 6.92 Å². The zero-order valence-electron chi connectivity index (χ0n) is 12.4. The van der Waals surface area contributed by atoms with E-state index in [-0.39, 0.29) is 29.9 Å². The Morgan fingerprint density at radius 3 is 2.23 bits per heavy atom. The molecule has 6 nitrogen and oxygen atoms in total. The van der Waals surface area contributed by atoms with Crippen LogP contribution in [0.15, 0.2) is 47.6 Å². The van der Waals surface area contributed by atoms with Crippen LogP contribution in [0.5, 0.6) is 0 Å². The molecule has 0 fully saturated rings. The van der Waals surface area contributed by atoms with Crippen LogP contribution in [0.3, 0.4) is 0 Å². The van der Waals surface area contributed by atoms with Crippen molar-refractivity contribution in [1.82, 2.24) is 14.3 Å². The summed E-state index contributed by atoms with van der Waals surface area (Å²) in [5.74, 6) is 0.490. The smallest absolute Gasteiger partial charge is 0.246 e. The molecule has 120 valence electrons. The molecule has 0 amide bonds. The van der Waals surface area contributed by atoms with Gasteiger partial charge in [0.05, 0.1) is 12.4 Å². The van der Waals surface area contributed by atoms with Crippen LogP contribution >= 0.6 is 12.4 Å². The molecule has 0 aliphatic rings. The van der Waals surface area contributed by atoms with E-state index in [0.29, 0.717) is 5.82 Å². The van der Waals surface area contributed by atoms with Gasteiger partial charge in [0.2, 0.25) is 10.0 Å². The van der Waals surface area contributed by atoms with Crippen LogP contribution in [0.25, 0.3) is 11.4 Å². The number of nitrogens with zero attached hydrogens (tertiary/aromatic N) is 3.